The molecule has 1 saturated heterocycles. The number of likely N-dealkylation sites (tertiary alicyclic amines) is 1. The third kappa shape index (κ3) is 1.82. The normalized spacial score (nSPS) is 45.9. The fourth-order valence-corrected chi connectivity index (χ4v) is 9.06. The first kappa shape index (κ1) is 20.1. The van der Waals surface area contributed by atoms with Crippen LogP contribution in [0.2, 0.25) is 0 Å². The van der Waals surface area contributed by atoms with Gasteiger partial charge in [-0.25, -0.2) is 0 Å². The number of likely N-dealkylation sites (N-methyl/N-ethyl adjacent to an activating group) is 1. The van der Waals surface area contributed by atoms with E-state index in [0.29, 0.717) is 11.8 Å². The minimum Gasteiger partial charge on any atom is -0.504 e. The Morgan fingerprint density at radius 1 is 1.32 bits per heavy atom. The van der Waals surface area contributed by atoms with E-state index >= 15 is 0 Å². The zero-order valence-electron chi connectivity index (χ0n) is 19.4. The van der Waals surface area contributed by atoms with Crippen molar-refractivity contribution in [1.82, 2.24) is 4.90 Å². The predicted molar refractivity (Wildman–Crippen MR) is 119 cm³/mol. The molecule has 2 aliphatic heterocycles. The number of methoxy groups -OCH3 is 1. The SMILES string of the molecule is CCCC(C)(O)C1CC23C=CC1(OC)C1(C)Oc4c(O)ccc5c4C21CCN(C)C3C5. The lowest BCUT2D eigenvalue weighted by Gasteiger charge is -2.75. The van der Waals surface area contributed by atoms with Crippen LogP contribution in [0.1, 0.15) is 57.6 Å². The zero-order chi connectivity index (χ0) is 22.0. The lowest BCUT2D eigenvalue weighted by Crippen LogP contribution is -2.85. The van der Waals surface area contributed by atoms with E-state index in [2.05, 4.69) is 44.0 Å². The molecule has 5 heteroatoms. The van der Waals surface area contributed by atoms with Gasteiger partial charge >= 0.3 is 0 Å². The van der Waals surface area contributed by atoms with Gasteiger partial charge in [-0.1, -0.05) is 31.6 Å². The van der Waals surface area contributed by atoms with Crippen LogP contribution >= 0.6 is 0 Å². The molecule has 4 aliphatic carbocycles. The third-order valence-electron chi connectivity index (χ3n) is 10.2. The molecular weight excluding hydrogens is 390 g/mol. The van der Waals surface area contributed by atoms with E-state index in [9.17, 15) is 10.2 Å². The number of phenols is 1. The van der Waals surface area contributed by atoms with Gasteiger partial charge in [0.25, 0.3) is 0 Å². The minimum atomic E-state index is -0.875. The topological polar surface area (TPSA) is 62.2 Å². The summed E-state index contributed by atoms with van der Waals surface area (Å²) in [5, 5.41) is 22.7. The zero-order valence-corrected chi connectivity index (χ0v) is 19.4. The van der Waals surface area contributed by atoms with Crippen LogP contribution in [0.3, 0.4) is 0 Å². The molecular formula is C26H35NO4. The molecule has 0 radical (unpaired) electrons. The Bertz CT molecular complexity index is 1000. The maximum Gasteiger partial charge on any atom is 0.166 e. The van der Waals surface area contributed by atoms with Crippen molar-refractivity contribution in [3.63, 3.8) is 0 Å². The van der Waals surface area contributed by atoms with Crippen LogP contribution in [0, 0.1) is 11.3 Å². The standard InChI is InChI=1S/C26H35NO4/c1-6-9-22(2,29)18-15-24-10-11-26(18,30-5)23(3)25(24)12-13-27(4)19(24)14-16-7-8-17(28)21(31-23)20(16)25/h7-8,10-11,18-19,28-29H,6,9,12-15H2,1-5H3. The number of aliphatic hydroxyl groups is 1. The van der Waals surface area contributed by atoms with Crippen LogP contribution in [0.5, 0.6) is 11.5 Å². The Morgan fingerprint density at radius 2 is 2.10 bits per heavy atom. The number of rotatable bonds is 4. The van der Waals surface area contributed by atoms with Crippen LogP contribution < -0.4 is 4.74 Å². The first-order valence-electron chi connectivity index (χ1n) is 11.9. The average molecular weight is 426 g/mol. The van der Waals surface area contributed by atoms with Crippen LogP contribution in [-0.4, -0.2) is 58.7 Å². The van der Waals surface area contributed by atoms with Gasteiger partial charge in [0.1, 0.15) is 11.2 Å². The van der Waals surface area contributed by atoms with E-state index in [4.69, 9.17) is 9.47 Å². The molecule has 2 N–H and O–H groups in total. The molecule has 7 unspecified atom stereocenters. The molecule has 2 spiro atoms. The van der Waals surface area contributed by atoms with Crippen molar-refractivity contribution in [1.29, 1.82) is 0 Å². The van der Waals surface area contributed by atoms with E-state index in [0.717, 1.165) is 38.6 Å². The summed E-state index contributed by atoms with van der Waals surface area (Å²) in [5.74, 6) is 0.771. The monoisotopic (exact) mass is 425 g/mol. The first-order valence-corrected chi connectivity index (χ1v) is 11.9. The van der Waals surface area contributed by atoms with E-state index in [-0.39, 0.29) is 22.5 Å². The van der Waals surface area contributed by atoms with Crippen molar-refractivity contribution < 1.29 is 19.7 Å². The van der Waals surface area contributed by atoms with Gasteiger partial charge in [-0.15, -0.1) is 0 Å². The second-order valence-corrected chi connectivity index (χ2v) is 11.2. The molecule has 7 atom stereocenters. The van der Waals surface area contributed by atoms with Crippen molar-refractivity contribution in [2.75, 3.05) is 20.7 Å². The summed E-state index contributed by atoms with van der Waals surface area (Å²) in [7, 11) is 4.01. The van der Waals surface area contributed by atoms with Crippen molar-refractivity contribution in [3.05, 3.63) is 35.4 Å². The maximum atomic E-state index is 11.8. The van der Waals surface area contributed by atoms with Gasteiger partial charge < -0.3 is 24.6 Å². The second-order valence-electron chi connectivity index (χ2n) is 11.2. The Hall–Kier alpha value is -1.56. The fourth-order valence-electron chi connectivity index (χ4n) is 9.06. The van der Waals surface area contributed by atoms with Crippen LogP contribution in [0.15, 0.2) is 24.3 Å². The second kappa shape index (κ2) is 5.67. The van der Waals surface area contributed by atoms with Gasteiger partial charge in [0.05, 0.1) is 11.0 Å². The van der Waals surface area contributed by atoms with E-state index in [1.54, 1.807) is 13.2 Å². The van der Waals surface area contributed by atoms with Crippen LogP contribution in [-0.2, 0) is 16.6 Å². The maximum absolute atomic E-state index is 11.8. The highest BCUT2D eigenvalue weighted by Crippen LogP contribution is 2.79. The lowest BCUT2D eigenvalue weighted by molar-refractivity contribution is -0.286. The Balaban J connectivity index is 1.71. The molecule has 2 fully saturated rings. The summed E-state index contributed by atoms with van der Waals surface area (Å²) in [5.41, 5.74) is -0.290. The molecule has 4 bridgehead atoms. The van der Waals surface area contributed by atoms with Gasteiger partial charge in [0.2, 0.25) is 0 Å². The number of nitrogens with zero attached hydrogens (tertiary/aromatic N) is 1. The Morgan fingerprint density at radius 3 is 2.81 bits per heavy atom. The van der Waals surface area contributed by atoms with Gasteiger partial charge in [-0.3, -0.25) is 0 Å². The van der Waals surface area contributed by atoms with E-state index < -0.39 is 16.8 Å². The summed E-state index contributed by atoms with van der Waals surface area (Å²) in [6.45, 7) is 7.29. The first-order chi connectivity index (χ1) is 14.6. The molecule has 7 rings (SSSR count). The molecule has 0 amide bonds. The third-order valence-corrected chi connectivity index (χ3v) is 10.2. The molecule has 0 aromatic heterocycles. The molecule has 2 heterocycles. The molecule has 31 heavy (non-hydrogen) atoms. The quantitative estimate of drug-likeness (QED) is 0.723. The number of ether oxygens (including phenoxy) is 2. The van der Waals surface area contributed by atoms with Gasteiger partial charge in [0, 0.05) is 30.0 Å². The van der Waals surface area contributed by atoms with Crippen molar-refractivity contribution in [2.45, 2.75) is 81.1 Å². The number of benzene rings is 1. The Kier molecular flexibility index (Phi) is 3.67. The van der Waals surface area contributed by atoms with E-state index in [1.165, 1.54) is 11.1 Å². The van der Waals surface area contributed by atoms with Gasteiger partial charge in [-0.2, -0.15) is 0 Å². The molecule has 1 saturated carbocycles. The molecule has 5 nitrogen and oxygen atoms in total. The van der Waals surface area contributed by atoms with Crippen molar-refractivity contribution in [3.8, 4) is 11.5 Å². The summed E-state index contributed by atoms with van der Waals surface area (Å²) < 4.78 is 13.4. The minimum absolute atomic E-state index is 0.0971. The smallest absolute Gasteiger partial charge is 0.166 e. The molecule has 1 aromatic carbocycles. The molecule has 6 aliphatic rings. The molecule has 1 aromatic rings. The number of fused-ring (bicyclic) bond motifs is 1. The highest BCUT2D eigenvalue weighted by atomic mass is 16.6. The van der Waals surface area contributed by atoms with Crippen LogP contribution in [0.25, 0.3) is 0 Å². The summed E-state index contributed by atoms with van der Waals surface area (Å²) >= 11 is 0. The largest absolute Gasteiger partial charge is 0.504 e. The van der Waals surface area contributed by atoms with Crippen LogP contribution in [0.4, 0.5) is 0 Å². The summed E-state index contributed by atoms with van der Waals surface area (Å²) in [4.78, 5) is 2.51. The summed E-state index contributed by atoms with van der Waals surface area (Å²) in [6, 6.07) is 4.22. The number of aromatic hydroxyl groups is 1. The van der Waals surface area contributed by atoms with Crippen molar-refractivity contribution in [2.24, 2.45) is 11.3 Å². The van der Waals surface area contributed by atoms with E-state index in [1.807, 2.05) is 6.92 Å². The van der Waals surface area contributed by atoms with Gasteiger partial charge in [-0.05, 0) is 64.8 Å². The molecule has 168 valence electrons. The number of piperidine rings is 1. The number of phenolic OH excluding ortho intramolecular Hbond substituents is 1. The fraction of sp³-hybridized carbons (Fsp3) is 0.692. The lowest BCUT2D eigenvalue weighted by atomic mass is 9.32. The van der Waals surface area contributed by atoms with Crippen molar-refractivity contribution >= 4 is 0 Å². The predicted octanol–water partition coefficient (Wildman–Crippen LogP) is 3.55. The van der Waals surface area contributed by atoms with Gasteiger partial charge in [0.15, 0.2) is 11.5 Å². The highest BCUT2D eigenvalue weighted by Gasteiger charge is 2.85. The number of hydrogen-bond donors (Lipinski definition) is 2. The summed E-state index contributed by atoms with van der Waals surface area (Å²) in [6.07, 6.45) is 9.04. The number of hydrogen-bond acceptors (Lipinski definition) is 5. The Labute approximate surface area is 185 Å². The average Bonchev–Trinajstić information content (AvgIpc) is 3.03. The highest BCUT2D eigenvalue weighted by molar-refractivity contribution is 5.67.